The lowest BCUT2D eigenvalue weighted by Crippen LogP contribution is -2.26. The van der Waals surface area contributed by atoms with Crippen molar-refractivity contribution in [3.8, 4) is 5.69 Å². The summed E-state index contributed by atoms with van der Waals surface area (Å²) in [6, 6.07) is 12.1. The van der Waals surface area contributed by atoms with Gasteiger partial charge in [0.1, 0.15) is 23.7 Å². The maximum atomic E-state index is 15.0. The molecule has 170 valence electrons. The van der Waals surface area contributed by atoms with Crippen LogP contribution in [0.4, 0.5) is 4.39 Å². The predicted molar refractivity (Wildman–Crippen MR) is 126 cm³/mol. The molecule has 0 unspecified atom stereocenters. The molecule has 0 aliphatic rings. The summed E-state index contributed by atoms with van der Waals surface area (Å²) in [5, 5.41) is 4.30. The summed E-state index contributed by atoms with van der Waals surface area (Å²) in [5.74, 6) is -0.987. The average Bonchev–Trinajstić information content (AvgIpc) is 3.04. The zero-order valence-electron chi connectivity index (χ0n) is 18.4. The molecule has 3 aromatic rings. The van der Waals surface area contributed by atoms with E-state index in [-0.39, 0.29) is 17.9 Å². The molecule has 1 aromatic heterocycles. The fraction of sp³-hybridized carbons (Fsp3) is 0.348. The first-order valence-electron chi connectivity index (χ1n) is 10.1. The summed E-state index contributed by atoms with van der Waals surface area (Å²) in [4.78, 5) is 25.3. The highest BCUT2D eigenvalue weighted by atomic mass is 127. The molecule has 0 fully saturated rings. The van der Waals surface area contributed by atoms with E-state index in [0.717, 1.165) is 16.3 Å². The lowest BCUT2D eigenvalue weighted by Gasteiger charge is -2.20. The Morgan fingerprint density at radius 1 is 1.16 bits per heavy atom. The van der Waals surface area contributed by atoms with E-state index in [0.29, 0.717) is 22.5 Å². The highest BCUT2D eigenvalue weighted by Crippen LogP contribution is 2.23. The van der Waals surface area contributed by atoms with E-state index >= 15 is 0 Å². The van der Waals surface area contributed by atoms with E-state index in [1.807, 2.05) is 52.9 Å². The zero-order valence-corrected chi connectivity index (χ0v) is 20.6. The largest absolute Gasteiger partial charge is 0.456 e. The Kier molecular flexibility index (Phi) is 7.50. The van der Waals surface area contributed by atoms with Crippen LogP contribution in [-0.2, 0) is 29.2 Å². The quantitative estimate of drug-likeness (QED) is 0.319. The number of rotatable bonds is 7. The van der Waals surface area contributed by atoms with Crippen LogP contribution in [0, 0.1) is 9.39 Å². The number of halogens is 2. The molecular formula is C23H25FIN3O4. The highest BCUT2D eigenvalue weighted by molar-refractivity contribution is 14.1. The van der Waals surface area contributed by atoms with Crippen molar-refractivity contribution < 1.29 is 18.7 Å². The van der Waals surface area contributed by atoms with Crippen LogP contribution in [0.15, 0.2) is 47.3 Å². The summed E-state index contributed by atoms with van der Waals surface area (Å²) < 4.78 is 28.9. The zero-order chi connectivity index (χ0) is 23.5. The second kappa shape index (κ2) is 9.95. The Labute approximate surface area is 199 Å². The first kappa shape index (κ1) is 24.1. The van der Waals surface area contributed by atoms with Crippen molar-refractivity contribution in [1.29, 1.82) is 0 Å². The van der Waals surface area contributed by atoms with Crippen molar-refractivity contribution in [2.24, 2.45) is 0 Å². The van der Waals surface area contributed by atoms with Gasteiger partial charge in [0.05, 0.1) is 12.2 Å². The van der Waals surface area contributed by atoms with Crippen LogP contribution < -0.4 is 5.69 Å². The van der Waals surface area contributed by atoms with Gasteiger partial charge in [0.2, 0.25) is 0 Å². The van der Waals surface area contributed by atoms with Crippen LogP contribution in [0.5, 0.6) is 0 Å². The van der Waals surface area contributed by atoms with Gasteiger partial charge in [0.15, 0.2) is 5.82 Å². The Balaban J connectivity index is 1.88. The van der Waals surface area contributed by atoms with Crippen molar-refractivity contribution >= 4 is 28.6 Å². The molecule has 0 bridgehead atoms. The molecule has 2 aromatic carbocycles. The summed E-state index contributed by atoms with van der Waals surface area (Å²) in [6.07, 6.45) is 0. The van der Waals surface area contributed by atoms with Gasteiger partial charge < -0.3 is 9.47 Å². The molecule has 0 saturated carbocycles. The number of esters is 1. The van der Waals surface area contributed by atoms with Crippen molar-refractivity contribution in [3.63, 3.8) is 0 Å². The summed E-state index contributed by atoms with van der Waals surface area (Å²) >= 11 is 1.92. The number of aromatic nitrogens is 3. The molecule has 9 heteroatoms. The SMILES string of the molecule is CCn1c(COCc2ccccc2)nn(-c2cc(I)c(C(=O)OC(C)(C)C)cc2F)c1=O. The molecule has 0 aliphatic carbocycles. The molecule has 32 heavy (non-hydrogen) atoms. The van der Waals surface area contributed by atoms with Crippen LogP contribution in [0.1, 0.15) is 49.4 Å². The Hall–Kier alpha value is -2.53. The topological polar surface area (TPSA) is 75.3 Å². The summed E-state index contributed by atoms with van der Waals surface area (Å²) in [7, 11) is 0. The maximum absolute atomic E-state index is 15.0. The van der Waals surface area contributed by atoms with E-state index in [1.54, 1.807) is 27.7 Å². The number of ether oxygens (including phenoxy) is 2. The van der Waals surface area contributed by atoms with Gasteiger partial charge in [0.25, 0.3) is 0 Å². The molecule has 1 heterocycles. The van der Waals surface area contributed by atoms with E-state index in [2.05, 4.69) is 5.10 Å². The van der Waals surface area contributed by atoms with Gasteiger partial charge in [-0.15, -0.1) is 5.10 Å². The van der Waals surface area contributed by atoms with Gasteiger partial charge in [-0.3, -0.25) is 4.57 Å². The van der Waals surface area contributed by atoms with E-state index < -0.39 is 23.1 Å². The van der Waals surface area contributed by atoms with Gasteiger partial charge in [0, 0.05) is 10.1 Å². The van der Waals surface area contributed by atoms with Crippen molar-refractivity contribution in [3.05, 3.63) is 79.3 Å². The van der Waals surface area contributed by atoms with Gasteiger partial charge in [-0.05, 0) is 68.0 Å². The third-order valence-electron chi connectivity index (χ3n) is 4.48. The predicted octanol–water partition coefficient (Wildman–Crippen LogP) is 4.47. The van der Waals surface area contributed by atoms with Crippen molar-refractivity contribution in [2.45, 2.75) is 53.1 Å². The van der Waals surface area contributed by atoms with E-state index in [4.69, 9.17) is 9.47 Å². The second-order valence-corrected chi connectivity index (χ2v) is 9.28. The first-order valence-corrected chi connectivity index (χ1v) is 11.2. The summed E-state index contributed by atoms with van der Waals surface area (Å²) in [5.41, 5.74) is -0.138. The number of carbonyl (C=O) groups is 1. The van der Waals surface area contributed by atoms with E-state index in [9.17, 15) is 14.0 Å². The number of nitrogens with zero attached hydrogens (tertiary/aromatic N) is 3. The third kappa shape index (κ3) is 5.63. The molecule has 0 spiro atoms. The monoisotopic (exact) mass is 553 g/mol. The minimum absolute atomic E-state index is 0.0387. The Morgan fingerprint density at radius 2 is 1.84 bits per heavy atom. The number of hydrogen-bond acceptors (Lipinski definition) is 5. The lowest BCUT2D eigenvalue weighted by atomic mass is 10.1. The maximum Gasteiger partial charge on any atom is 0.350 e. The lowest BCUT2D eigenvalue weighted by molar-refractivity contribution is 0.00677. The molecule has 3 rings (SSSR count). The van der Waals surface area contributed by atoms with Gasteiger partial charge in [-0.1, -0.05) is 30.3 Å². The van der Waals surface area contributed by atoms with Crippen LogP contribution in [0.3, 0.4) is 0 Å². The Bertz CT molecular complexity index is 1170. The minimum Gasteiger partial charge on any atom is -0.456 e. The van der Waals surface area contributed by atoms with Crippen molar-refractivity contribution in [1.82, 2.24) is 14.3 Å². The van der Waals surface area contributed by atoms with Crippen LogP contribution in [-0.4, -0.2) is 25.9 Å². The van der Waals surface area contributed by atoms with Gasteiger partial charge in [-0.2, -0.15) is 4.68 Å². The second-order valence-electron chi connectivity index (χ2n) is 8.12. The molecule has 0 amide bonds. The van der Waals surface area contributed by atoms with Crippen LogP contribution in [0.25, 0.3) is 5.69 Å². The van der Waals surface area contributed by atoms with Gasteiger partial charge >= 0.3 is 11.7 Å². The normalized spacial score (nSPS) is 11.6. The van der Waals surface area contributed by atoms with Gasteiger partial charge in [-0.25, -0.2) is 14.0 Å². The van der Waals surface area contributed by atoms with Crippen molar-refractivity contribution in [2.75, 3.05) is 0 Å². The fourth-order valence-electron chi connectivity index (χ4n) is 3.04. The standard InChI is InChI=1S/C23H25FIN3O4/c1-5-27-20(14-31-13-15-9-7-6-8-10-15)26-28(22(27)30)19-12-18(25)16(11-17(19)24)21(29)32-23(2,3)4/h6-12H,5,13-14H2,1-4H3. The average molecular weight is 553 g/mol. The molecule has 7 nitrogen and oxygen atoms in total. The molecular weight excluding hydrogens is 528 g/mol. The highest BCUT2D eigenvalue weighted by Gasteiger charge is 2.23. The van der Waals surface area contributed by atoms with Crippen LogP contribution >= 0.6 is 22.6 Å². The summed E-state index contributed by atoms with van der Waals surface area (Å²) in [6.45, 7) is 7.84. The number of carbonyl (C=O) groups excluding carboxylic acids is 1. The molecule has 0 saturated heterocycles. The molecule has 0 aliphatic heterocycles. The van der Waals surface area contributed by atoms with E-state index in [1.165, 1.54) is 10.6 Å². The minimum atomic E-state index is -0.745. The fourth-order valence-corrected chi connectivity index (χ4v) is 3.71. The first-order chi connectivity index (χ1) is 15.1. The smallest absolute Gasteiger partial charge is 0.350 e. The Morgan fingerprint density at radius 3 is 2.47 bits per heavy atom. The number of benzene rings is 2. The third-order valence-corrected chi connectivity index (χ3v) is 5.37. The molecule has 0 atom stereocenters. The number of hydrogen-bond donors (Lipinski definition) is 0. The molecule has 0 N–H and O–H groups in total. The van der Waals surface area contributed by atoms with Crippen LogP contribution in [0.2, 0.25) is 0 Å². The molecule has 0 radical (unpaired) electrons.